The first-order valence-corrected chi connectivity index (χ1v) is 15.2. The number of anilines is 1. The molecule has 0 aliphatic heterocycles. The van der Waals surface area contributed by atoms with Gasteiger partial charge in [0.1, 0.15) is 0 Å². The van der Waals surface area contributed by atoms with Crippen LogP contribution in [0.25, 0.3) is 11.1 Å². The molecule has 4 rings (SSSR count). The van der Waals surface area contributed by atoms with Crippen LogP contribution in [0.2, 0.25) is 0 Å². The molecule has 0 spiro atoms. The van der Waals surface area contributed by atoms with E-state index in [1.807, 2.05) is 30.3 Å². The van der Waals surface area contributed by atoms with Gasteiger partial charge in [-0.1, -0.05) is 97.3 Å². The molecule has 0 saturated heterocycles. The number of carbonyl (C=O) groups excluding carboxylic acids is 1. The van der Waals surface area contributed by atoms with Crippen LogP contribution in [-0.4, -0.2) is 26.5 Å². The van der Waals surface area contributed by atoms with E-state index in [1.54, 1.807) is 75.4 Å². The summed E-state index contributed by atoms with van der Waals surface area (Å²) in [5.74, 6) is -0.188. The maximum atomic E-state index is 13.7. The normalized spacial score (nSPS) is 12.3. The van der Waals surface area contributed by atoms with E-state index in [4.69, 9.17) is 0 Å². The van der Waals surface area contributed by atoms with Gasteiger partial charge in [0.05, 0.1) is 16.3 Å². The van der Waals surface area contributed by atoms with Crippen molar-refractivity contribution >= 4 is 31.6 Å². The molecule has 0 unspecified atom stereocenters. The van der Waals surface area contributed by atoms with Crippen LogP contribution in [0.3, 0.4) is 0 Å². The van der Waals surface area contributed by atoms with E-state index >= 15 is 0 Å². The predicted octanol–water partition coefficient (Wildman–Crippen LogP) is 5.92. The quantitative estimate of drug-likeness (QED) is 0.287. The summed E-state index contributed by atoms with van der Waals surface area (Å²) in [5, 5.41) is 2.95. The highest BCUT2D eigenvalue weighted by Gasteiger charge is 2.37. The molecule has 4 aromatic carbocycles. The van der Waals surface area contributed by atoms with Crippen molar-refractivity contribution in [3.8, 4) is 11.1 Å². The Morgan fingerprint density at radius 1 is 0.692 bits per heavy atom. The summed E-state index contributed by atoms with van der Waals surface area (Å²) in [6, 6.07) is 29.2. The number of nitrogens with zero attached hydrogens (tertiary/aromatic N) is 1. The number of sulfonamides is 2. The fraction of sp³-hybridized carbons (Fsp3) is 0.167. The largest absolute Gasteiger partial charge is 0.325 e. The number of amides is 1. The molecule has 1 N–H and O–H groups in total. The highest BCUT2D eigenvalue weighted by Crippen LogP contribution is 2.33. The van der Waals surface area contributed by atoms with Gasteiger partial charge in [0.15, 0.2) is 0 Å². The van der Waals surface area contributed by atoms with Crippen LogP contribution in [0.5, 0.6) is 0 Å². The van der Waals surface area contributed by atoms with Crippen molar-refractivity contribution in [2.45, 2.75) is 37.1 Å². The Bertz CT molecular complexity index is 1600. The Kier molecular flexibility index (Phi) is 8.06. The molecule has 0 heterocycles. The Labute approximate surface area is 230 Å². The third-order valence-corrected chi connectivity index (χ3v) is 10.3. The summed E-state index contributed by atoms with van der Waals surface area (Å²) < 4.78 is 55.4. The van der Waals surface area contributed by atoms with Gasteiger partial charge in [-0.2, -0.15) is 0 Å². The zero-order valence-electron chi connectivity index (χ0n) is 21.9. The molecule has 4 aromatic rings. The van der Waals surface area contributed by atoms with E-state index in [-0.39, 0.29) is 15.7 Å². The standard InChI is InChI=1S/C30H30N2O5S2/c1-30(2,3)29(33)31-28-20-19-23(21-27(28)24-13-7-4-8-14-24)22-32(38(34,35)25-15-9-5-10-16-25)39(36,37)26-17-11-6-12-18-26/h4-21H,22H2,1-3H3,(H,31,33). The van der Waals surface area contributed by atoms with Gasteiger partial charge < -0.3 is 5.32 Å². The molecule has 0 bridgehead atoms. The molecule has 0 atom stereocenters. The SMILES string of the molecule is CC(C)(C)C(=O)Nc1ccc(CN(S(=O)(=O)c2ccccc2)S(=O)(=O)c2ccccc2)cc1-c1ccccc1. The second-order valence-electron chi connectivity index (χ2n) is 10.0. The van der Waals surface area contributed by atoms with Crippen molar-refractivity contribution in [1.29, 1.82) is 0 Å². The zero-order chi connectivity index (χ0) is 28.3. The van der Waals surface area contributed by atoms with Gasteiger partial charge in [-0.3, -0.25) is 4.79 Å². The predicted molar refractivity (Wildman–Crippen MR) is 153 cm³/mol. The minimum Gasteiger partial charge on any atom is -0.325 e. The first kappa shape index (κ1) is 28.2. The van der Waals surface area contributed by atoms with Crippen LogP contribution in [0.4, 0.5) is 5.69 Å². The van der Waals surface area contributed by atoms with Crippen molar-refractivity contribution in [3.05, 3.63) is 115 Å². The maximum absolute atomic E-state index is 13.7. The van der Waals surface area contributed by atoms with Gasteiger partial charge in [-0.25, -0.2) is 16.8 Å². The van der Waals surface area contributed by atoms with E-state index in [9.17, 15) is 21.6 Å². The van der Waals surface area contributed by atoms with Crippen LogP contribution in [-0.2, 0) is 31.4 Å². The Balaban J connectivity index is 1.84. The first-order valence-electron chi connectivity index (χ1n) is 12.3. The van der Waals surface area contributed by atoms with Crippen LogP contribution in [0.15, 0.2) is 119 Å². The van der Waals surface area contributed by atoms with E-state index in [2.05, 4.69) is 5.32 Å². The van der Waals surface area contributed by atoms with Gasteiger partial charge in [0, 0.05) is 16.7 Å². The second kappa shape index (κ2) is 11.1. The Hall–Kier alpha value is -3.79. The first-order chi connectivity index (χ1) is 18.4. The number of hydrogen-bond acceptors (Lipinski definition) is 5. The number of benzene rings is 4. The fourth-order valence-electron chi connectivity index (χ4n) is 3.83. The highest BCUT2D eigenvalue weighted by atomic mass is 32.3. The lowest BCUT2D eigenvalue weighted by Gasteiger charge is -2.23. The number of hydrogen-bond donors (Lipinski definition) is 1. The van der Waals surface area contributed by atoms with Crippen molar-refractivity contribution < 1.29 is 21.6 Å². The molecule has 0 aromatic heterocycles. The van der Waals surface area contributed by atoms with Crippen molar-refractivity contribution in [1.82, 2.24) is 3.71 Å². The second-order valence-corrected chi connectivity index (χ2v) is 14.0. The lowest BCUT2D eigenvalue weighted by Crippen LogP contribution is -2.36. The number of rotatable bonds is 8. The summed E-state index contributed by atoms with van der Waals surface area (Å²) in [6.07, 6.45) is 0. The molecular weight excluding hydrogens is 532 g/mol. The van der Waals surface area contributed by atoms with Gasteiger partial charge in [0.2, 0.25) is 5.91 Å². The Morgan fingerprint density at radius 3 is 1.62 bits per heavy atom. The molecule has 202 valence electrons. The summed E-state index contributed by atoms with van der Waals surface area (Å²) in [5.41, 5.74) is 1.75. The van der Waals surface area contributed by atoms with Crippen molar-refractivity contribution in [2.75, 3.05) is 5.32 Å². The minimum absolute atomic E-state index is 0.137. The van der Waals surface area contributed by atoms with E-state index in [0.717, 1.165) is 5.56 Å². The molecule has 39 heavy (non-hydrogen) atoms. The van der Waals surface area contributed by atoms with Gasteiger partial charge >= 0.3 is 0 Å². The summed E-state index contributed by atoms with van der Waals surface area (Å²) in [4.78, 5) is 12.5. The van der Waals surface area contributed by atoms with Crippen LogP contribution in [0.1, 0.15) is 26.3 Å². The molecule has 9 heteroatoms. The molecule has 0 saturated carbocycles. The molecule has 0 fully saturated rings. The fourth-order valence-corrected chi connectivity index (χ4v) is 7.49. The summed E-state index contributed by atoms with van der Waals surface area (Å²) in [7, 11) is -8.91. The van der Waals surface area contributed by atoms with E-state index < -0.39 is 32.0 Å². The average Bonchev–Trinajstić information content (AvgIpc) is 2.93. The van der Waals surface area contributed by atoms with Gasteiger partial charge in [-0.05, 0) is 47.5 Å². The van der Waals surface area contributed by atoms with E-state index in [0.29, 0.717) is 20.5 Å². The number of carbonyl (C=O) groups is 1. The smallest absolute Gasteiger partial charge is 0.256 e. The van der Waals surface area contributed by atoms with Crippen LogP contribution >= 0.6 is 0 Å². The zero-order valence-corrected chi connectivity index (χ0v) is 23.5. The topological polar surface area (TPSA) is 101 Å². The molecular formula is C30H30N2O5S2. The lowest BCUT2D eigenvalue weighted by atomic mass is 9.94. The summed E-state index contributed by atoms with van der Waals surface area (Å²) >= 11 is 0. The third-order valence-electron chi connectivity index (χ3n) is 6.03. The van der Waals surface area contributed by atoms with Crippen molar-refractivity contribution in [3.63, 3.8) is 0 Å². The van der Waals surface area contributed by atoms with Crippen molar-refractivity contribution in [2.24, 2.45) is 5.41 Å². The molecule has 0 aliphatic carbocycles. The number of nitrogens with one attached hydrogen (secondary N) is 1. The maximum Gasteiger partial charge on any atom is 0.256 e. The molecule has 0 aliphatic rings. The Morgan fingerprint density at radius 2 is 1.15 bits per heavy atom. The average molecular weight is 563 g/mol. The lowest BCUT2D eigenvalue weighted by molar-refractivity contribution is -0.123. The molecule has 7 nitrogen and oxygen atoms in total. The monoisotopic (exact) mass is 562 g/mol. The van der Waals surface area contributed by atoms with Crippen LogP contribution < -0.4 is 5.32 Å². The van der Waals surface area contributed by atoms with E-state index in [1.165, 1.54) is 24.3 Å². The molecule has 0 radical (unpaired) electrons. The molecule has 1 amide bonds. The van der Waals surface area contributed by atoms with Gasteiger partial charge in [-0.15, -0.1) is 0 Å². The van der Waals surface area contributed by atoms with Crippen LogP contribution in [0, 0.1) is 5.41 Å². The van der Waals surface area contributed by atoms with Gasteiger partial charge in [0.25, 0.3) is 20.0 Å². The minimum atomic E-state index is -4.46. The highest BCUT2D eigenvalue weighted by molar-refractivity contribution is 8.04. The summed E-state index contributed by atoms with van der Waals surface area (Å²) in [6.45, 7) is 4.97. The third kappa shape index (κ3) is 6.27.